The molecule has 430 valence electrons. The molecule has 0 saturated heterocycles. The summed E-state index contributed by atoms with van der Waals surface area (Å²) in [4.78, 5) is 61.0. The highest BCUT2D eigenvalue weighted by Crippen LogP contribution is 2.37. The molecule has 6 aromatic carbocycles. The zero-order chi connectivity index (χ0) is 58.6. The number of hydrogen-bond donors (Lipinski definition) is 9. The molecule has 15 nitrogen and oxygen atoms in total. The normalized spacial score (nSPS) is 15.5. The van der Waals surface area contributed by atoms with E-state index in [1.165, 1.54) is 0 Å². The number of nitrogens with zero attached hydrogens (tertiary/aromatic N) is 3. The van der Waals surface area contributed by atoms with Gasteiger partial charge in [0.15, 0.2) is 0 Å². The Morgan fingerprint density at radius 2 is 0.744 bits per heavy atom. The van der Waals surface area contributed by atoms with Crippen LogP contribution in [-0.2, 0) is 0 Å². The van der Waals surface area contributed by atoms with E-state index in [2.05, 4.69) is 91.6 Å². The minimum Gasteiger partial charge on any atom is -0.399 e. The van der Waals surface area contributed by atoms with E-state index in [1.54, 1.807) is 6.07 Å². The topological polar surface area (TPSA) is 223 Å². The Bertz CT molecular complexity index is 4240. The van der Waals surface area contributed by atoms with Crippen molar-refractivity contribution in [2.45, 2.75) is 46.0 Å². The maximum absolute atomic E-state index is 12.2. The van der Waals surface area contributed by atoms with Gasteiger partial charge in [-0.1, -0.05) is 149 Å². The molecule has 3 aliphatic heterocycles. The second-order valence-corrected chi connectivity index (χ2v) is 21.8. The SMILES string of the molecule is C.CC1CNC(=O)c2cc(-c3cccc4ccc(Cl)nc34)[nH]c21.C[C@@H]1CNC(=O)c2cc(-c3cccc4ccc(Nc5ccccc5)nc34)[nH]c21.C[C@H]1CNC(=O)c2cc(-c3cccc4ccc(Nc5ccccc5)nc34)[nH]c21.Nc1ccccc1. The van der Waals surface area contributed by atoms with Crippen molar-refractivity contribution in [1.82, 2.24) is 45.9 Å². The summed E-state index contributed by atoms with van der Waals surface area (Å²) in [5.41, 5.74) is 21.6. The summed E-state index contributed by atoms with van der Waals surface area (Å²) in [5, 5.41) is 19.1. The minimum atomic E-state index is -0.0261. The van der Waals surface area contributed by atoms with Gasteiger partial charge in [0, 0.05) is 121 Å². The number of carbonyl (C=O) groups is 3. The number of benzene rings is 6. The third-order valence-electron chi connectivity index (χ3n) is 15.4. The number of aromatic nitrogens is 6. The number of nitrogens with two attached hydrogens (primary N) is 1. The molecule has 15 rings (SSSR count). The van der Waals surface area contributed by atoms with Crippen LogP contribution in [0.15, 0.2) is 200 Å². The summed E-state index contributed by atoms with van der Waals surface area (Å²) >= 11 is 6.04. The van der Waals surface area contributed by atoms with E-state index >= 15 is 0 Å². The highest BCUT2D eigenvalue weighted by Gasteiger charge is 2.28. The molecule has 86 heavy (non-hydrogen) atoms. The monoisotopic (exact) mass is 1160 g/mol. The summed E-state index contributed by atoms with van der Waals surface area (Å²) < 4.78 is 0. The lowest BCUT2D eigenvalue weighted by Gasteiger charge is -2.18. The number of aromatic amines is 3. The van der Waals surface area contributed by atoms with E-state index in [0.717, 1.165) is 123 Å². The Labute approximate surface area is 503 Å². The van der Waals surface area contributed by atoms with Crippen LogP contribution in [0, 0.1) is 0 Å². The van der Waals surface area contributed by atoms with Crippen molar-refractivity contribution in [3.8, 4) is 33.8 Å². The van der Waals surface area contributed by atoms with E-state index in [1.807, 2.05) is 170 Å². The van der Waals surface area contributed by atoms with Crippen molar-refractivity contribution in [2.24, 2.45) is 0 Å². The molecule has 10 N–H and O–H groups in total. The Morgan fingerprint density at radius 3 is 1.08 bits per heavy atom. The van der Waals surface area contributed by atoms with E-state index in [4.69, 9.17) is 27.3 Å². The van der Waals surface area contributed by atoms with Crippen LogP contribution in [0.3, 0.4) is 0 Å². The molecule has 6 aromatic heterocycles. The zero-order valence-electron chi connectivity index (χ0n) is 46.9. The third kappa shape index (κ3) is 12.3. The number of halogens is 1. The van der Waals surface area contributed by atoms with Crippen LogP contribution in [0.2, 0.25) is 5.15 Å². The average Bonchev–Trinajstić information content (AvgIpc) is 3.13. The van der Waals surface area contributed by atoms with E-state index in [-0.39, 0.29) is 42.9 Å². The summed E-state index contributed by atoms with van der Waals surface area (Å²) in [5.74, 6) is 2.31. The smallest absolute Gasteiger partial charge is 0.253 e. The van der Waals surface area contributed by atoms with Gasteiger partial charge in [0.1, 0.15) is 16.8 Å². The van der Waals surface area contributed by atoms with Crippen molar-refractivity contribution in [3.63, 3.8) is 0 Å². The van der Waals surface area contributed by atoms with Crippen LogP contribution < -0.4 is 32.3 Å². The van der Waals surface area contributed by atoms with Gasteiger partial charge in [-0.15, -0.1) is 0 Å². The summed E-state index contributed by atoms with van der Waals surface area (Å²) in [6, 6.07) is 65.3. The Kier molecular flexibility index (Phi) is 16.8. The van der Waals surface area contributed by atoms with Crippen molar-refractivity contribution in [1.29, 1.82) is 0 Å². The highest BCUT2D eigenvalue weighted by molar-refractivity contribution is 6.30. The number of rotatable bonds is 7. The summed E-state index contributed by atoms with van der Waals surface area (Å²) in [6.45, 7) is 8.29. The van der Waals surface area contributed by atoms with Gasteiger partial charge in [-0.25, -0.2) is 15.0 Å². The molecule has 9 heterocycles. The van der Waals surface area contributed by atoms with Gasteiger partial charge < -0.3 is 47.3 Å². The minimum absolute atomic E-state index is 0. The zero-order valence-corrected chi connectivity index (χ0v) is 47.7. The van der Waals surface area contributed by atoms with Crippen molar-refractivity contribution in [3.05, 3.63) is 239 Å². The second kappa shape index (κ2) is 25.1. The van der Waals surface area contributed by atoms with Crippen LogP contribution >= 0.6 is 11.6 Å². The fourth-order valence-corrected chi connectivity index (χ4v) is 11.1. The highest BCUT2D eigenvalue weighted by atomic mass is 35.5. The summed E-state index contributed by atoms with van der Waals surface area (Å²) in [7, 11) is 0. The molecular weight excluding hydrogens is 1090 g/mol. The first-order chi connectivity index (χ1) is 41.4. The molecule has 12 aromatic rings. The maximum Gasteiger partial charge on any atom is 0.253 e. The molecule has 16 heteroatoms. The third-order valence-corrected chi connectivity index (χ3v) is 15.6. The Hall–Kier alpha value is -10.5. The number of H-pyrrole nitrogens is 3. The van der Waals surface area contributed by atoms with E-state index < -0.39 is 0 Å². The van der Waals surface area contributed by atoms with Crippen molar-refractivity contribution >= 4 is 90.7 Å². The fourth-order valence-electron chi connectivity index (χ4n) is 10.9. The molecule has 0 spiro atoms. The molecule has 3 atom stereocenters. The first kappa shape index (κ1) is 57.3. The molecule has 3 amide bonds. The number of anilines is 5. The van der Waals surface area contributed by atoms with Gasteiger partial charge in [-0.05, 0) is 91.0 Å². The number of pyridine rings is 3. The van der Waals surface area contributed by atoms with E-state index in [9.17, 15) is 14.4 Å². The Morgan fingerprint density at radius 1 is 0.407 bits per heavy atom. The number of para-hydroxylation sites is 6. The summed E-state index contributed by atoms with van der Waals surface area (Å²) in [6.07, 6.45) is 0. The molecule has 0 bridgehead atoms. The van der Waals surface area contributed by atoms with Crippen LogP contribution in [0.4, 0.5) is 28.7 Å². The maximum atomic E-state index is 12.2. The molecule has 0 aliphatic carbocycles. The standard InChI is InChI=1S/2C23H20N4O.C17H14ClN3O.C6H7N.CH4/c2*1-14-13-24-23(28)18-12-19(26-21(14)18)17-9-5-6-15-10-11-20(27-22(15)17)25-16-7-3-2-4-8-16;1-9-8-19-17(22)12-7-13(20-15(9)12)11-4-2-3-10-5-6-14(18)21-16(10)11;7-6-4-2-1-3-5-6;/h2*2-12,14,26H,13H2,1H3,(H,24,28)(H,25,27);2-7,9,20H,8H2,1H3,(H,19,22);1-5H,7H2;1H4/t2*14-;;;/m10.../s1. The number of hydrogen-bond acceptors (Lipinski definition) is 9. The lowest BCUT2D eigenvalue weighted by atomic mass is 9.99. The first-order valence-electron chi connectivity index (χ1n) is 28.2. The van der Waals surface area contributed by atoms with Gasteiger partial charge in [-0.2, -0.15) is 0 Å². The van der Waals surface area contributed by atoms with Crippen LogP contribution in [-0.4, -0.2) is 67.3 Å². The molecule has 3 aliphatic rings. The van der Waals surface area contributed by atoms with Gasteiger partial charge in [0.2, 0.25) is 0 Å². The number of nitrogen functional groups attached to an aromatic ring is 1. The lowest BCUT2D eigenvalue weighted by molar-refractivity contribution is 0.0933. The number of amides is 3. The molecule has 1 unspecified atom stereocenters. The Balaban J connectivity index is 0.000000127. The average molecular weight is 1160 g/mol. The predicted octanol–water partition coefficient (Wildman–Crippen LogP) is 15.3. The lowest BCUT2D eigenvalue weighted by Crippen LogP contribution is -2.33. The van der Waals surface area contributed by atoms with Gasteiger partial charge in [0.25, 0.3) is 17.7 Å². The van der Waals surface area contributed by atoms with Crippen molar-refractivity contribution < 1.29 is 14.4 Å². The quantitative estimate of drug-likeness (QED) is 0.0546. The van der Waals surface area contributed by atoms with Gasteiger partial charge in [-0.3, -0.25) is 14.4 Å². The molecule has 0 fully saturated rings. The number of carbonyl (C=O) groups excluding carboxylic acids is 3. The largest absolute Gasteiger partial charge is 0.399 e. The first-order valence-corrected chi connectivity index (χ1v) is 28.6. The van der Waals surface area contributed by atoms with Crippen LogP contribution in [0.25, 0.3) is 66.5 Å². The van der Waals surface area contributed by atoms with Gasteiger partial charge in [0.05, 0.1) is 33.2 Å². The van der Waals surface area contributed by atoms with Crippen molar-refractivity contribution in [2.75, 3.05) is 36.0 Å². The fraction of sp³-hybridized carbons (Fsp3) is 0.143. The second-order valence-electron chi connectivity index (χ2n) is 21.4. The number of fused-ring (bicyclic) bond motifs is 6. The van der Waals surface area contributed by atoms with Crippen LogP contribution in [0.5, 0.6) is 0 Å². The molecule has 0 radical (unpaired) electrons. The number of nitrogens with one attached hydrogen (secondary N) is 8. The molecule has 0 saturated carbocycles. The molecular formula is C70H65ClN12O3. The van der Waals surface area contributed by atoms with E-state index in [0.29, 0.717) is 30.4 Å². The van der Waals surface area contributed by atoms with Gasteiger partial charge >= 0.3 is 0 Å². The predicted molar refractivity (Wildman–Crippen MR) is 349 cm³/mol. The van der Waals surface area contributed by atoms with Crippen LogP contribution in [0.1, 0.15) is 94.1 Å².